The number of hydrogen-bond acceptors (Lipinski definition) is 3. The molecule has 1 rings (SSSR count). The van der Waals surface area contributed by atoms with Crippen molar-refractivity contribution in [1.82, 2.24) is 10.6 Å². The molecule has 0 saturated heterocycles. The molecule has 0 bridgehead atoms. The molecule has 0 unspecified atom stereocenters. The predicted molar refractivity (Wildman–Crippen MR) is 49.8 cm³/mol. The number of amides is 2. The van der Waals surface area contributed by atoms with Crippen molar-refractivity contribution >= 4 is 12.2 Å². The fourth-order valence-corrected chi connectivity index (χ4v) is 1.78. The summed E-state index contributed by atoms with van der Waals surface area (Å²) in [6, 6.07) is -0.807. The van der Waals surface area contributed by atoms with Crippen LogP contribution < -0.4 is 10.6 Å². The molecule has 1 fully saturated rings. The molecule has 7 nitrogen and oxygen atoms in total. The molecule has 0 spiro atoms. The lowest BCUT2D eigenvalue weighted by Gasteiger charge is -2.32. The van der Waals surface area contributed by atoms with E-state index in [4.69, 9.17) is 10.2 Å². The van der Waals surface area contributed by atoms with Crippen LogP contribution in [-0.2, 0) is 0 Å². The van der Waals surface area contributed by atoms with E-state index in [9.17, 15) is 14.7 Å². The van der Waals surface area contributed by atoms with E-state index in [1.807, 2.05) is 0 Å². The average Bonchev–Trinajstić information content (AvgIpc) is 2.08. The topological polar surface area (TPSA) is 119 Å². The number of hydrogen-bond donors (Lipinski definition) is 5. The highest BCUT2D eigenvalue weighted by Crippen LogP contribution is 2.19. The van der Waals surface area contributed by atoms with E-state index < -0.39 is 24.3 Å². The third-order valence-electron chi connectivity index (χ3n) is 2.45. The molecule has 0 aliphatic heterocycles. The predicted octanol–water partition coefficient (Wildman–Crippen LogP) is -0.196. The van der Waals surface area contributed by atoms with Crippen LogP contribution in [-0.4, -0.2) is 45.7 Å². The highest BCUT2D eigenvalue weighted by atomic mass is 16.4. The molecule has 1 aliphatic carbocycles. The molecule has 1 aliphatic rings. The first kappa shape index (κ1) is 11.6. The van der Waals surface area contributed by atoms with Crippen LogP contribution in [0.25, 0.3) is 0 Å². The van der Waals surface area contributed by atoms with Crippen molar-refractivity contribution in [2.24, 2.45) is 0 Å². The molecule has 5 N–H and O–H groups in total. The number of nitrogens with one attached hydrogen (secondary N) is 2. The summed E-state index contributed by atoms with van der Waals surface area (Å²) in [6.07, 6.45) is -1.96. The Balaban J connectivity index is 2.40. The van der Waals surface area contributed by atoms with Gasteiger partial charge in [-0.25, -0.2) is 9.59 Å². The Labute approximate surface area is 86.1 Å². The van der Waals surface area contributed by atoms with Crippen molar-refractivity contribution in [2.75, 3.05) is 0 Å². The number of carboxylic acid groups (broad SMARTS) is 2. The van der Waals surface area contributed by atoms with Gasteiger partial charge < -0.3 is 26.0 Å². The van der Waals surface area contributed by atoms with E-state index in [0.717, 1.165) is 0 Å². The van der Waals surface area contributed by atoms with Crippen molar-refractivity contribution in [3.05, 3.63) is 0 Å². The quantitative estimate of drug-likeness (QED) is 0.440. The number of rotatable bonds is 2. The van der Waals surface area contributed by atoms with Crippen LogP contribution in [0.4, 0.5) is 9.59 Å². The first-order valence-electron chi connectivity index (χ1n) is 4.66. The molecular formula is C8H14N2O5. The van der Waals surface area contributed by atoms with Gasteiger partial charge in [-0.2, -0.15) is 0 Å². The van der Waals surface area contributed by atoms with E-state index in [1.54, 1.807) is 0 Å². The lowest BCUT2D eigenvalue weighted by molar-refractivity contribution is 0.0732. The van der Waals surface area contributed by atoms with Gasteiger partial charge in [0.15, 0.2) is 0 Å². The van der Waals surface area contributed by atoms with Gasteiger partial charge in [0.25, 0.3) is 0 Å². The minimum Gasteiger partial charge on any atom is -0.465 e. The lowest BCUT2D eigenvalue weighted by atomic mass is 9.89. The van der Waals surface area contributed by atoms with E-state index >= 15 is 0 Å². The summed E-state index contributed by atoms with van der Waals surface area (Å²) < 4.78 is 0. The van der Waals surface area contributed by atoms with Crippen molar-refractivity contribution in [3.63, 3.8) is 0 Å². The summed E-state index contributed by atoms with van der Waals surface area (Å²) in [6.45, 7) is 0. The summed E-state index contributed by atoms with van der Waals surface area (Å²) in [4.78, 5) is 20.7. The van der Waals surface area contributed by atoms with Gasteiger partial charge in [0.2, 0.25) is 0 Å². The summed E-state index contributed by atoms with van der Waals surface area (Å²) in [5.41, 5.74) is 0. The Morgan fingerprint density at radius 3 is 2.13 bits per heavy atom. The second-order valence-electron chi connectivity index (χ2n) is 3.58. The first-order valence-corrected chi connectivity index (χ1v) is 4.66. The van der Waals surface area contributed by atoms with Crippen LogP contribution in [0, 0.1) is 0 Å². The Morgan fingerprint density at radius 1 is 1.07 bits per heavy atom. The van der Waals surface area contributed by atoms with Gasteiger partial charge >= 0.3 is 12.2 Å². The molecule has 0 heterocycles. The lowest BCUT2D eigenvalue weighted by Crippen LogP contribution is -2.51. The maximum absolute atomic E-state index is 10.3. The maximum atomic E-state index is 10.3. The number of aliphatic hydroxyl groups is 1. The average molecular weight is 218 g/mol. The number of aliphatic hydroxyl groups excluding tert-OH is 1. The SMILES string of the molecule is O=C(O)N[C@@H]1CC[C@@H](NC(=O)O)[C@H](O)C1. The summed E-state index contributed by atoms with van der Waals surface area (Å²) in [5.74, 6) is 0. The molecule has 15 heavy (non-hydrogen) atoms. The standard InChI is InChI=1S/C8H14N2O5/c11-6-3-4(9-7(12)13)1-2-5(6)10-8(14)15/h4-6,9-11H,1-3H2,(H,12,13)(H,14,15)/t4-,5-,6-/m1/s1. The van der Waals surface area contributed by atoms with E-state index in [1.165, 1.54) is 0 Å². The first-order chi connectivity index (χ1) is 6.99. The van der Waals surface area contributed by atoms with Gasteiger partial charge in [0.1, 0.15) is 0 Å². The van der Waals surface area contributed by atoms with E-state index in [0.29, 0.717) is 12.8 Å². The van der Waals surface area contributed by atoms with E-state index in [2.05, 4.69) is 10.6 Å². The molecule has 3 atom stereocenters. The van der Waals surface area contributed by atoms with Gasteiger partial charge in [-0.3, -0.25) is 0 Å². The Kier molecular flexibility index (Phi) is 3.73. The van der Waals surface area contributed by atoms with Crippen LogP contribution in [0.3, 0.4) is 0 Å². The normalized spacial score (nSPS) is 30.6. The molecule has 86 valence electrons. The van der Waals surface area contributed by atoms with Crippen molar-refractivity contribution in [2.45, 2.75) is 37.5 Å². The third-order valence-corrected chi connectivity index (χ3v) is 2.45. The monoisotopic (exact) mass is 218 g/mol. The maximum Gasteiger partial charge on any atom is 0.404 e. The second kappa shape index (κ2) is 4.83. The zero-order chi connectivity index (χ0) is 11.4. The summed E-state index contributed by atoms with van der Waals surface area (Å²) in [7, 11) is 0. The van der Waals surface area contributed by atoms with Crippen LogP contribution >= 0.6 is 0 Å². The summed E-state index contributed by atoms with van der Waals surface area (Å²) in [5, 5.41) is 30.9. The molecule has 0 aromatic rings. The highest BCUT2D eigenvalue weighted by molar-refractivity contribution is 5.65. The highest BCUT2D eigenvalue weighted by Gasteiger charge is 2.30. The van der Waals surface area contributed by atoms with Crippen molar-refractivity contribution in [3.8, 4) is 0 Å². The molecule has 2 amide bonds. The van der Waals surface area contributed by atoms with Crippen LogP contribution in [0.15, 0.2) is 0 Å². The number of carbonyl (C=O) groups is 2. The molecule has 0 aromatic heterocycles. The Bertz CT molecular complexity index is 257. The fraction of sp³-hybridized carbons (Fsp3) is 0.750. The minimum absolute atomic E-state index is 0.233. The molecule has 0 radical (unpaired) electrons. The molecule has 1 saturated carbocycles. The van der Waals surface area contributed by atoms with E-state index in [-0.39, 0.29) is 12.5 Å². The van der Waals surface area contributed by atoms with Crippen molar-refractivity contribution < 1.29 is 24.9 Å². The minimum atomic E-state index is -1.18. The van der Waals surface area contributed by atoms with Crippen LogP contribution in [0.5, 0.6) is 0 Å². The van der Waals surface area contributed by atoms with Gasteiger partial charge in [0.05, 0.1) is 12.1 Å². The molecular weight excluding hydrogens is 204 g/mol. The van der Waals surface area contributed by atoms with Crippen molar-refractivity contribution in [1.29, 1.82) is 0 Å². The van der Waals surface area contributed by atoms with Crippen LogP contribution in [0.2, 0.25) is 0 Å². The second-order valence-corrected chi connectivity index (χ2v) is 3.58. The van der Waals surface area contributed by atoms with Crippen LogP contribution in [0.1, 0.15) is 19.3 Å². The molecule has 0 aromatic carbocycles. The van der Waals surface area contributed by atoms with Gasteiger partial charge in [-0.1, -0.05) is 0 Å². The smallest absolute Gasteiger partial charge is 0.404 e. The largest absolute Gasteiger partial charge is 0.465 e. The third kappa shape index (κ3) is 3.62. The zero-order valence-corrected chi connectivity index (χ0v) is 8.01. The zero-order valence-electron chi connectivity index (χ0n) is 8.01. The van der Waals surface area contributed by atoms with Gasteiger partial charge in [-0.15, -0.1) is 0 Å². The Morgan fingerprint density at radius 2 is 1.67 bits per heavy atom. The van der Waals surface area contributed by atoms with Gasteiger partial charge in [-0.05, 0) is 19.3 Å². The Hall–Kier alpha value is -1.50. The summed E-state index contributed by atoms with van der Waals surface area (Å²) >= 11 is 0. The molecule has 7 heteroatoms. The fourth-order valence-electron chi connectivity index (χ4n) is 1.78. The van der Waals surface area contributed by atoms with Gasteiger partial charge in [0, 0.05) is 6.04 Å².